The summed E-state index contributed by atoms with van der Waals surface area (Å²) >= 11 is 0. The van der Waals surface area contributed by atoms with E-state index in [1.807, 2.05) is 31.2 Å². The van der Waals surface area contributed by atoms with Crippen LogP contribution in [0.2, 0.25) is 0 Å². The van der Waals surface area contributed by atoms with E-state index in [1.54, 1.807) is 11.9 Å². The van der Waals surface area contributed by atoms with Gasteiger partial charge in [0.2, 0.25) is 18.1 Å². The first-order chi connectivity index (χ1) is 11.0. The third kappa shape index (κ3) is 2.75. The largest absolute Gasteiger partial charge is 0.406 e. The Balaban J connectivity index is 1.79. The summed E-state index contributed by atoms with van der Waals surface area (Å²) in [6.45, 7) is 2.56. The van der Waals surface area contributed by atoms with Crippen LogP contribution in [0.3, 0.4) is 0 Å². The molecule has 1 N–H and O–H groups in total. The number of carbonyl (C=O) groups is 1. The van der Waals surface area contributed by atoms with E-state index in [2.05, 4.69) is 10.3 Å². The Labute approximate surface area is 132 Å². The highest BCUT2D eigenvalue weighted by Crippen LogP contribution is 2.27. The smallest absolute Gasteiger partial charge is 0.358 e. The van der Waals surface area contributed by atoms with Crippen molar-refractivity contribution in [3.05, 3.63) is 46.3 Å². The van der Waals surface area contributed by atoms with Crippen molar-refractivity contribution in [1.29, 1.82) is 0 Å². The van der Waals surface area contributed by atoms with Crippen LogP contribution in [0.15, 0.2) is 30.6 Å². The van der Waals surface area contributed by atoms with Gasteiger partial charge in [-0.25, -0.2) is 0 Å². The van der Waals surface area contributed by atoms with E-state index in [4.69, 9.17) is 0 Å². The average Bonchev–Trinajstić information content (AvgIpc) is 3.05. The van der Waals surface area contributed by atoms with E-state index >= 15 is 0 Å². The van der Waals surface area contributed by atoms with Gasteiger partial charge < -0.3 is 20.3 Å². The molecular formula is C15H17N5O3. The van der Waals surface area contributed by atoms with Gasteiger partial charge in [-0.2, -0.15) is 0 Å². The van der Waals surface area contributed by atoms with Gasteiger partial charge in [-0.1, -0.05) is 17.7 Å². The lowest BCUT2D eigenvalue weighted by molar-refractivity contribution is -0.388. The number of rotatable bonds is 4. The summed E-state index contributed by atoms with van der Waals surface area (Å²) in [5, 5.41) is 14.0. The maximum atomic E-state index is 12.6. The number of hydrogen-bond donors (Lipinski definition) is 1. The van der Waals surface area contributed by atoms with Gasteiger partial charge in [0.15, 0.2) is 0 Å². The first-order valence-corrected chi connectivity index (χ1v) is 7.27. The summed E-state index contributed by atoms with van der Waals surface area (Å²) in [6, 6.07) is 7.22. The Morgan fingerprint density at radius 3 is 2.70 bits per heavy atom. The molecule has 8 heteroatoms. The van der Waals surface area contributed by atoms with Gasteiger partial charge in [0.25, 0.3) is 0 Å². The normalized spacial score (nSPS) is 17.6. The van der Waals surface area contributed by atoms with Crippen molar-refractivity contribution in [3.8, 4) is 0 Å². The number of amides is 1. The van der Waals surface area contributed by atoms with Crippen LogP contribution in [0.5, 0.6) is 0 Å². The van der Waals surface area contributed by atoms with E-state index in [9.17, 15) is 14.9 Å². The van der Waals surface area contributed by atoms with E-state index < -0.39 is 11.0 Å². The average molecular weight is 315 g/mol. The molecule has 0 aliphatic carbocycles. The van der Waals surface area contributed by atoms with Crippen molar-refractivity contribution in [2.45, 2.75) is 19.4 Å². The number of aryl methyl sites for hydroxylation is 2. The molecule has 1 aromatic carbocycles. The predicted molar refractivity (Wildman–Crippen MR) is 85.4 cm³/mol. The monoisotopic (exact) mass is 315 g/mol. The summed E-state index contributed by atoms with van der Waals surface area (Å²) in [4.78, 5) is 28.5. The van der Waals surface area contributed by atoms with Gasteiger partial charge in [-0.05, 0) is 35.4 Å². The Morgan fingerprint density at radius 2 is 2.04 bits per heavy atom. The molecule has 1 fully saturated rings. The quantitative estimate of drug-likeness (QED) is 0.686. The van der Waals surface area contributed by atoms with Crippen LogP contribution in [-0.2, 0) is 11.8 Å². The Morgan fingerprint density at radius 1 is 1.35 bits per heavy atom. The van der Waals surface area contributed by atoms with Gasteiger partial charge in [-0.3, -0.25) is 9.36 Å². The van der Waals surface area contributed by atoms with Crippen LogP contribution in [-0.4, -0.2) is 33.0 Å². The van der Waals surface area contributed by atoms with E-state index in [0.29, 0.717) is 13.0 Å². The molecule has 8 nitrogen and oxygen atoms in total. The SMILES string of the molecule is Cc1ccc(N2CC[C@H](Nc3c([N+](=O)[O-])ncn3C)C2=O)cc1. The molecule has 0 unspecified atom stereocenters. The van der Waals surface area contributed by atoms with E-state index in [1.165, 1.54) is 10.9 Å². The lowest BCUT2D eigenvalue weighted by Gasteiger charge is -2.17. The number of anilines is 2. The minimum atomic E-state index is -0.556. The van der Waals surface area contributed by atoms with Crippen molar-refractivity contribution in [2.75, 3.05) is 16.8 Å². The molecule has 1 atom stereocenters. The summed E-state index contributed by atoms with van der Waals surface area (Å²) in [5.74, 6) is -0.113. The van der Waals surface area contributed by atoms with Gasteiger partial charge >= 0.3 is 5.82 Å². The highest BCUT2D eigenvalue weighted by molar-refractivity contribution is 6.01. The zero-order valence-electron chi connectivity index (χ0n) is 12.9. The number of nitrogens with zero attached hydrogens (tertiary/aromatic N) is 4. The van der Waals surface area contributed by atoms with Crippen LogP contribution in [0, 0.1) is 17.0 Å². The maximum absolute atomic E-state index is 12.6. The summed E-state index contributed by atoms with van der Waals surface area (Å²) in [6.07, 6.45) is 1.94. The lowest BCUT2D eigenvalue weighted by atomic mass is 10.2. The van der Waals surface area contributed by atoms with E-state index in [0.717, 1.165) is 11.3 Å². The molecule has 0 spiro atoms. The van der Waals surface area contributed by atoms with Crippen molar-refractivity contribution in [2.24, 2.45) is 7.05 Å². The highest BCUT2D eigenvalue weighted by Gasteiger charge is 2.35. The second-order valence-electron chi connectivity index (χ2n) is 5.60. The molecule has 2 aromatic rings. The number of carbonyl (C=O) groups excluding carboxylic acids is 1. The number of nitro groups is 1. The maximum Gasteiger partial charge on any atom is 0.406 e. The molecule has 2 heterocycles. The second kappa shape index (κ2) is 5.71. The van der Waals surface area contributed by atoms with Crippen LogP contribution in [0.1, 0.15) is 12.0 Å². The van der Waals surface area contributed by atoms with Crippen molar-refractivity contribution in [1.82, 2.24) is 9.55 Å². The van der Waals surface area contributed by atoms with Crippen molar-refractivity contribution >= 4 is 23.2 Å². The Hall–Kier alpha value is -2.90. The fourth-order valence-corrected chi connectivity index (χ4v) is 2.68. The predicted octanol–water partition coefficient (Wildman–Crippen LogP) is 1.85. The van der Waals surface area contributed by atoms with Gasteiger partial charge in [0.1, 0.15) is 6.04 Å². The minimum Gasteiger partial charge on any atom is -0.358 e. The standard InChI is InChI=1S/C15H17N5O3/c1-10-3-5-11(6-4-10)19-8-7-12(15(19)21)17-14-13(20(22)23)16-9-18(14)2/h3-6,9,12,17H,7-8H2,1-2H3/t12-/m0/s1. The molecule has 120 valence electrons. The molecular weight excluding hydrogens is 298 g/mol. The molecule has 1 amide bonds. The van der Waals surface area contributed by atoms with Gasteiger partial charge in [-0.15, -0.1) is 0 Å². The second-order valence-corrected chi connectivity index (χ2v) is 5.60. The topological polar surface area (TPSA) is 93.3 Å². The fraction of sp³-hybridized carbons (Fsp3) is 0.333. The molecule has 1 aliphatic rings. The molecule has 0 bridgehead atoms. The van der Waals surface area contributed by atoms with Crippen LogP contribution < -0.4 is 10.2 Å². The van der Waals surface area contributed by atoms with Crippen LogP contribution in [0.25, 0.3) is 0 Å². The summed E-state index contributed by atoms with van der Waals surface area (Å²) in [5.41, 5.74) is 1.96. The van der Waals surface area contributed by atoms with Crippen molar-refractivity contribution < 1.29 is 9.72 Å². The molecule has 1 saturated heterocycles. The number of hydrogen-bond acceptors (Lipinski definition) is 5. The van der Waals surface area contributed by atoms with Gasteiger partial charge in [0.05, 0.1) is 0 Å². The minimum absolute atomic E-state index is 0.0932. The van der Waals surface area contributed by atoms with Crippen LogP contribution in [0.4, 0.5) is 17.3 Å². The number of nitrogens with one attached hydrogen (secondary N) is 1. The molecule has 1 aliphatic heterocycles. The number of imidazole rings is 1. The Kier molecular flexibility index (Phi) is 3.73. The highest BCUT2D eigenvalue weighted by atomic mass is 16.6. The Bertz CT molecular complexity index is 753. The van der Waals surface area contributed by atoms with Gasteiger partial charge in [0, 0.05) is 19.3 Å². The molecule has 0 saturated carbocycles. The zero-order valence-corrected chi connectivity index (χ0v) is 12.9. The molecule has 23 heavy (non-hydrogen) atoms. The third-order valence-electron chi connectivity index (χ3n) is 3.95. The van der Waals surface area contributed by atoms with Crippen molar-refractivity contribution in [3.63, 3.8) is 0 Å². The third-order valence-corrected chi connectivity index (χ3v) is 3.95. The molecule has 1 aromatic heterocycles. The summed E-state index contributed by atoms with van der Waals surface area (Å²) < 4.78 is 1.51. The van der Waals surface area contributed by atoms with Crippen LogP contribution >= 0.6 is 0 Å². The fourth-order valence-electron chi connectivity index (χ4n) is 2.68. The molecule has 3 rings (SSSR count). The zero-order chi connectivity index (χ0) is 16.6. The molecule has 0 radical (unpaired) electrons. The van der Waals surface area contributed by atoms with E-state index in [-0.39, 0.29) is 17.5 Å². The number of aromatic nitrogens is 2. The summed E-state index contributed by atoms with van der Waals surface area (Å²) in [7, 11) is 1.65. The first-order valence-electron chi connectivity index (χ1n) is 7.27. The number of benzene rings is 1. The first kappa shape index (κ1) is 15.0. The lowest BCUT2D eigenvalue weighted by Crippen LogP contribution is -2.34.